The number of esters is 1. The highest BCUT2D eigenvalue weighted by Crippen LogP contribution is 2.44. The minimum Gasteiger partial charge on any atom is -0.425 e. The number of halogens is 3. The molecule has 0 spiro atoms. The van der Waals surface area contributed by atoms with Gasteiger partial charge in [0.1, 0.15) is 5.75 Å². The van der Waals surface area contributed by atoms with Crippen LogP contribution < -0.4 is 4.74 Å². The van der Waals surface area contributed by atoms with Crippen LogP contribution in [0.3, 0.4) is 0 Å². The van der Waals surface area contributed by atoms with Gasteiger partial charge >= 0.3 is 12.1 Å². The van der Waals surface area contributed by atoms with Gasteiger partial charge in [-0.15, -0.1) is 0 Å². The number of rotatable bonds is 4. The molecule has 0 aliphatic heterocycles. The lowest BCUT2D eigenvalue weighted by Crippen LogP contribution is -2.54. The van der Waals surface area contributed by atoms with Crippen LogP contribution in [0.25, 0.3) is 0 Å². The fourth-order valence-electron chi connectivity index (χ4n) is 2.96. The van der Waals surface area contributed by atoms with Crippen molar-refractivity contribution >= 4 is 15.8 Å². The van der Waals surface area contributed by atoms with Gasteiger partial charge in [-0.1, -0.05) is 23.8 Å². The van der Waals surface area contributed by atoms with Crippen molar-refractivity contribution < 1.29 is 31.1 Å². The summed E-state index contributed by atoms with van der Waals surface area (Å²) in [6.45, 7) is 1.80. The first-order valence-corrected chi connectivity index (χ1v) is 9.75. The van der Waals surface area contributed by atoms with Crippen molar-refractivity contribution in [3.8, 4) is 5.75 Å². The zero-order valence-corrected chi connectivity index (χ0v) is 15.2. The molecular weight excluding hydrogens is 381 g/mol. The molecule has 0 unspecified atom stereocenters. The van der Waals surface area contributed by atoms with Crippen molar-refractivity contribution in [1.82, 2.24) is 0 Å². The summed E-state index contributed by atoms with van der Waals surface area (Å²) in [6, 6.07) is 9.91. The largest absolute Gasteiger partial charge is 0.425 e. The van der Waals surface area contributed by atoms with Crippen molar-refractivity contribution in [1.29, 1.82) is 0 Å². The Morgan fingerprint density at radius 3 is 2.22 bits per heavy atom. The Hall–Kier alpha value is -2.35. The molecular formula is C19H17F3O4S. The third-order valence-electron chi connectivity index (χ3n) is 4.75. The molecule has 0 atom stereocenters. The molecule has 2 aromatic rings. The van der Waals surface area contributed by atoms with Crippen molar-refractivity contribution in [2.24, 2.45) is 0 Å². The molecule has 27 heavy (non-hydrogen) atoms. The number of hydrogen-bond donors (Lipinski definition) is 0. The van der Waals surface area contributed by atoms with E-state index in [0.29, 0.717) is 12.5 Å². The van der Waals surface area contributed by atoms with Crippen LogP contribution >= 0.6 is 0 Å². The van der Waals surface area contributed by atoms with E-state index in [1.807, 2.05) is 0 Å². The van der Waals surface area contributed by atoms with Gasteiger partial charge in [0.15, 0.2) is 14.6 Å². The van der Waals surface area contributed by atoms with Crippen molar-refractivity contribution in [3.63, 3.8) is 0 Å². The van der Waals surface area contributed by atoms with E-state index in [4.69, 9.17) is 4.74 Å². The number of alkyl halides is 3. The lowest BCUT2D eigenvalue weighted by Gasteiger charge is -2.38. The molecule has 0 saturated heterocycles. The molecule has 1 aliphatic rings. The van der Waals surface area contributed by atoms with Crippen LogP contribution in [0.15, 0.2) is 53.4 Å². The summed E-state index contributed by atoms with van der Waals surface area (Å²) in [7, 11) is -4.04. The fourth-order valence-corrected chi connectivity index (χ4v) is 4.99. The Kier molecular flexibility index (Phi) is 4.80. The van der Waals surface area contributed by atoms with Crippen LogP contribution in [0, 0.1) is 6.92 Å². The average molecular weight is 398 g/mol. The van der Waals surface area contributed by atoms with Gasteiger partial charge in [0.2, 0.25) is 0 Å². The molecule has 3 rings (SSSR count). The number of ether oxygens (including phenoxy) is 1. The van der Waals surface area contributed by atoms with E-state index in [9.17, 15) is 26.4 Å². The molecule has 1 fully saturated rings. The van der Waals surface area contributed by atoms with E-state index < -0.39 is 32.3 Å². The van der Waals surface area contributed by atoms with Crippen molar-refractivity contribution in [3.05, 3.63) is 59.7 Å². The van der Waals surface area contributed by atoms with Gasteiger partial charge in [-0.3, -0.25) is 0 Å². The quantitative estimate of drug-likeness (QED) is 0.569. The summed E-state index contributed by atoms with van der Waals surface area (Å²) in [5.41, 5.74) is -0.111. The molecule has 0 heterocycles. The van der Waals surface area contributed by atoms with Crippen molar-refractivity contribution in [2.45, 2.75) is 42.0 Å². The Morgan fingerprint density at radius 2 is 1.70 bits per heavy atom. The lowest BCUT2D eigenvalue weighted by atomic mass is 9.84. The molecule has 0 aromatic heterocycles. The second-order valence-electron chi connectivity index (χ2n) is 6.58. The number of benzene rings is 2. The minimum atomic E-state index is -4.59. The third-order valence-corrected chi connectivity index (χ3v) is 7.25. The van der Waals surface area contributed by atoms with E-state index in [0.717, 1.165) is 17.7 Å². The third kappa shape index (κ3) is 3.45. The van der Waals surface area contributed by atoms with Gasteiger partial charge in [-0.25, -0.2) is 13.2 Å². The predicted octanol–water partition coefficient (Wildman–Crippen LogP) is 4.32. The number of carbonyl (C=O) groups is 1. The number of aryl methyl sites for hydroxylation is 1. The molecule has 0 amide bonds. The monoisotopic (exact) mass is 398 g/mol. The molecule has 1 saturated carbocycles. The van der Waals surface area contributed by atoms with Crippen molar-refractivity contribution in [2.75, 3.05) is 0 Å². The smallest absolute Gasteiger partial charge is 0.416 e. The van der Waals surface area contributed by atoms with Crippen LogP contribution in [-0.4, -0.2) is 19.1 Å². The minimum absolute atomic E-state index is 0.00575. The topological polar surface area (TPSA) is 60.4 Å². The van der Waals surface area contributed by atoms with E-state index in [1.165, 1.54) is 18.2 Å². The Bertz CT molecular complexity index is 959. The van der Waals surface area contributed by atoms with E-state index >= 15 is 0 Å². The average Bonchev–Trinajstić information content (AvgIpc) is 2.53. The van der Waals surface area contributed by atoms with Gasteiger partial charge in [0.05, 0.1) is 10.5 Å². The van der Waals surface area contributed by atoms with Gasteiger partial charge < -0.3 is 4.74 Å². The summed E-state index contributed by atoms with van der Waals surface area (Å²) >= 11 is 0. The Labute approximate surface area is 154 Å². The molecule has 2 aromatic carbocycles. The van der Waals surface area contributed by atoms with Crippen LogP contribution in [0.1, 0.15) is 30.4 Å². The second-order valence-corrected chi connectivity index (χ2v) is 8.84. The first-order chi connectivity index (χ1) is 12.6. The summed E-state index contributed by atoms with van der Waals surface area (Å²) in [6.07, 6.45) is -3.94. The maximum atomic E-state index is 13.0. The van der Waals surface area contributed by atoms with E-state index in [-0.39, 0.29) is 23.5 Å². The molecule has 0 N–H and O–H groups in total. The zero-order chi connectivity index (χ0) is 19.9. The van der Waals surface area contributed by atoms with Crippen LogP contribution in [0.4, 0.5) is 13.2 Å². The second kappa shape index (κ2) is 6.67. The van der Waals surface area contributed by atoms with E-state index in [2.05, 4.69) is 0 Å². The van der Waals surface area contributed by atoms with Crippen LogP contribution in [-0.2, 0) is 20.8 Å². The highest BCUT2D eigenvalue weighted by molar-refractivity contribution is 7.93. The number of sulfone groups is 1. The lowest BCUT2D eigenvalue weighted by molar-refractivity contribution is -0.141. The van der Waals surface area contributed by atoms with Crippen LogP contribution in [0.2, 0.25) is 0 Å². The molecule has 4 nitrogen and oxygen atoms in total. The standard InChI is InChI=1S/C19H17F3O4S/c1-13-6-8-16(9-7-13)27(24,25)18(10-3-11-18)17(23)26-15-5-2-4-14(12-15)19(20,21)22/h2,4-9,12H,3,10-11H2,1H3. The van der Waals surface area contributed by atoms with Crippen LogP contribution in [0.5, 0.6) is 5.75 Å². The summed E-state index contributed by atoms with van der Waals surface area (Å²) in [5.74, 6) is -1.38. The molecule has 8 heteroatoms. The van der Waals surface area contributed by atoms with Gasteiger partial charge in [-0.2, -0.15) is 13.2 Å². The Balaban J connectivity index is 1.91. The highest BCUT2D eigenvalue weighted by atomic mass is 32.2. The first-order valence-electron chi connectivity index (χ1n) is 8.27. The fraction of sp³-hybridized carbons (Fsp3) is 0.316. The summed E-state index contributed by atoms with van der Waals surface area (Å²) < 4.78 is 67.8. The van der Waals surface area contributed by atoms with Gasteiger partial charge in [0, 0.05) is 0 Å². The normalized spacial score (nSPS) is 16.4. The van der Waals surface area contributed by atoms with Gasteiger partial charge in [-0.05, 0) is 56.5 Å². The number of hydrogen-bond acceptors (Lipinski definition) is 4. The van der Waals surface area contributed by atoms with E-state index in [1.54, 1.807) is 19.1 Å². The highest BCUT2D eigenvalue weighted by Gasteiger charge is 2.57. The molecule has 0 bridgehead atoms. The SMILES string of the molecule is Cc1ccc(S(=O)(=O)C2(C(=O)Oc3cccc(C(F)(F)F)c3)CCC2)cc1. The maximum Gasteiger partial charge on any atom is 0.416 e. The number of carbonyl (C=O) groups excluding carboxylic acids is 1. The maximum absolute atomic E-state index is 13.0. The predicted molar refractivity (Wildman–Crippen MR) is 92.0 cm³/mol. The molecule has 1 aliphatic carbocycles. The molecule has 0 radical (unpaired) electrons. The molecule has 144 valence electrons. The summed E-state index contributed by atoms with van der Waals surface area (Å²) in [4.78, 5) is 12.7. The van der Waals surface area contributed by atoms with Gasteiger partial charge in [0.25, 0.3) is 0 Å². The Morgan fingerprint density at radius 1 is 1.07 bits per heavy atom. The summed E-state index contributed by atoms with van der Waals surface area (Å²) in [5, 5.41) is 0. The zero-order valence-electron chi connectivity index (χ0n) is 14.4. The first kappa shape index (κ1) is 19.4.